The highest BCUT2D eigenvalue weighted by molar-refractivity contribution is 5.28. The zero-order valence-corrected chi connectivity index (χ0v) is 15.8. The fourth-order valence-electron chi connectivity index (χ4n) is 5.21. The number of hydrogen-bond donors (Lipinski definition) is 0. The van der Waals surface area contributed by atoms with Crippen LogP contribution in [0.25, 0.3) is 0 Å². The van der Waals surface area contributed by atoms with Gasteiger partial charge < -0.3 is 0 Å². The molecule has 158 valence electrons. The largest absolute Gasteiger partial charge is 0.396 e. The van der Waals surface area contributed by atoms with E-state index in [4.69, 9.17) is 0 Å². The maximum absolute atomic E-state index is 13.9. The van der Waals surface area contributed by atoms with E-state index in [0.717, 1.165) is 57.0 Å². The number of hydrogen-bond acceptors (Lipinski definition) is 1. The van der Waals surface area contributed by atoms with E-state index in [2.05, 4.69) is 4.98 Å². The zero-order valence-electron chi connectivity index (χ0n) is 15.8. The van der Waals surface area contributed by atoms with E-state index in [1.165, 1.54) is 0 Å². The smallest absolute Gasteiger partial charge is 0.264 e. The van der Waals surface area contributed by atoms with E-state index in [0.29, 0.717) is 25.7 Å². The van der Waals surface area contributed by atoms with Gasteiger partial charge in [0, 0.05) is 12.4 Å². The van der Waals surface area contributed by atoms with Crippen molar-refractivity contribution in [3.63, 3.8) is 0 Å². The Kier molecular flexibility index (Phi) is 6.60. The monoisotopic (exact) mass is 407 g/mol. The van der Waals surface area contributed by atoms with Crippen molar-refractivity contribution in [2.75, 3.05) is 0 Å². The number of halogens is 6. The maximum atomic E-state index is 13.9. The second-order valence-corrected chi connectivity index (χ2v) is 8.39. The Morgan fingerprint density at radius 2 is 1.00 bits per heavy atom. The number of nitrogens with zero attached hydrogens (tertiary/aromatic N) is 1. The molecule has 2 aliphatic carbocycles. The first-order valence-corrected chi connectivity index (χ1v) is 10.3. The molecule has 0 spiro atoms. The highest BCUT2D eigenvalue weighted by atomic mass is 19.4. The van der Waals surface area contributed by atoms with Crippen LogP contribution in [-0.2, 0) is 0 Å². The fraction of sp³-hybridized carbons (Fsp3) is 0.762. The van der Waals surface area contributed by atoms with E-state index in [-0.39, 0.29) is 11.1 Å². The average Bonchev–Trinajstić information content (AvgIpc) is 2.62. The van der Waals surface area contributed by atoms with Gasteiger partial charge in [-0.25, -0.2) is 0 Å². The summed E-state index contributed by atoms with van der Waals surface area (Å²) in [5.74, 6) is -4.63. The van der Waals surface area contributed by atoms with Crippen LogP contribution in [-0.4, -0.2) is 17.3 Å². The minimum atomic E-state index is -4.49. The molecule has 28 heavy (non-hydrogen) atoms. The predicted molar refractivity (Wildman–Crippen MR) is 95.0 cm³/mol. The Bertz CT molecular complexity index is 575. The van der Waals surface area contributed by atoms with Gasteiger partial charge in [0.15, 0.2) is 0 Å². The molecule has 1 heterocycles. The number of rotatable bonds is 4. The molecular formula is C21H27F6N. The first kappa shape index (κ1) is 21.4. The van der Waals surface area contributed by atoms with Crippen LogP contribution in [0.4, 0.5) is 26.3 Å². The van der Waals surface area contributed by atoms with Gasteiger partial charge in [-0.05, 0) is 48.6 Å². The summed E-state index contributed by atoms with van der Waals surface area (Å²) >= 11 is 0. The van der Waals surface area contributed by atoms with Crippen molar-refractivity contribution in [2.24, 2.45) is 11.8 Å². The summed E-state index contributed by atoms with van der Waals surface area (Å²) in [6, 6.07) is 1.15. The van der Waals surface area contributed by atoms with Gasteiger partial charge in [-0.2, -0.15) is 26.3 Å². The van der Waals surface area contributed by atoms with Gasteiger partial charge in [0.05, 0.1) is 11.8 Å². The molecule has 0 amide bonds. The number of pyridine rings is 1. The zero-order chi connectivity index (χ0) is 20.4. The molecule has 3 rings (SSSR count). The summed E-state index contributed by atoms with van der Waals surface area (Å²) in [6.07, 6.45) is -0.144. The minimum absolute atomic E-state index is 0.109. The van der Waals surface area contributed by atoms with Crippen LogP contribution in [0.5, 0.6) is 0 Å². The summed E-state index contributed by atoms with van der Waals surface area (Å²) < 4.78 is 83.2. The molecule has 1 aromatic heterocycles. The van der Waals surface area contributed by atoms with E-state index in [1.54, 1.807) is 0 Å². The summed E-state index contributed by atoms with van der Waals surface area (Å²) in [4.78, 5) is 3.84. The molecule has 0 aliphatic heterocycles. The van der Waals surface area contributed by atoms with Crippen LogP contribution in [0, 0.1) is 11.8 Å². The standard InChI is InChI=1S/C21H27F6N/c22-20(23,24)18(14-7-3-1-4-8-14)16-11-17(13-28-12-16)19(21(25,26)27)15-9-5-2-6-10-15/h11-15,18-19H,1-10H2. The lowest BCUT2D eigenvalue weighted by atomic mass is 9.74. The van der Waals surface area contributed by atoms with E-state index >= 15 is 0 Å². The third-order valence-corrected chi connectivity index (χ3v) is 6.45. The second kappa shape index (κ2) is 8.62. The lowest BCUT2D eigenvalue weighted by Gasteiger charge is -2.34. The van der Waals surface area contributed by atoms with Gasteiger partial charge in [0.25, 0.3) is 0 Å². The lowest BCUT2D eigenvalue weighted by molar-refractivity contribution is -0.165. The van der Waals surface area contributed by atoms with Gasteiger partial charge in [-0.15, -0.1) is 0 Å². The van der Waals surface area contributed by atoms with Crippen LogP contribution in [0.15, 0.2) is 18.5 Å². The Morgan fingerprint density at radius 1 is 0.643 bits per heavy atom. The predicted octanol–water partition coefficient (Wildman–Crippen LogP) is 7.53. The van der Waals surface area contributed by atoms with Crippen molar-refractivity contribution >= 4 is 0 Å². The molecule has 0 N–H and O–H groups in total. The summed E-state index contributed by atoms with van der Waals surface area (Å²) in [7, 11) is 0. The molecule has 7 heteroatoms. The van der Waals surface area contributed by atoms with E-state index in [1.807, 2.05) is 0 Å². The quantitative estimate of drug-likeness (QED) is 0.470. The normalized spacial score (nSPS) is 22.8. The van der Waals surface area contributed by atoms with Gasteiger partial charge in [-0.3, -0.25) is 4.98 Å². The molecule has 0 radical (unpaired) electrons. The van der Waals surface area contributed by atoms with Crippen molar-refractivity contribution in [3.8, 4) is 0 Å². The van der Waals surface area contributed by atoms with Gasteiger partial charge in [0.2, 0.25) is 0 Å². The van der Waals surface area contributed by atoms with Crippen LogP contribution in [0.3, 0.4) is 0 Å². The third kappa shape index (κ3) is 5.01. The summed E-state index contributed by atoms with van der Waals surface area (Å²) in [6.45, 7) is 0. The molecule has 2 fully saturated rings. The first-order valence-electron chi connectivity index (χ1n) is 10.3. The van der Waals surface area contributed by atoms with E-state index in [9.17, 15) is 26.3 Å². The molecule has 2 saturated carbocycles. The van der Waals surface area contributed by atoms with Crippen molar-refractivity contribution in [3.05, 3.63) is 29.6 Å². The minimum Gasteiger partial charge on any atom is -0.264 e. The molecule has 2 aliphatic rings. The topological polar surface area (TPSA) is 12.9 Å². The molecular weight excluding hydrogens is 380 g/mol. The Hall–Kier alpha value is -1.27. The second-order valence-electron chi connectivity index (χ2n) is 8.39. The summed E-state index contributed by atoms with van der Waals surface area (Å²) in [5.41, 5.74) is -0.219. The van der Waals surface area contributed by atoms with Crippen LogP contribution in [0.2, 0.25) is 0 Å². The van der Waals surface area contributed by atoms with Crippen LogP contribution >= 0.6 is 0 Å². The molecule has 2 atom stereocenters. The first-order chi connectivity index (χ1) is 13.2. The van der Waals surface area contributed by atoms with Crippen LogP contribution < -0.4 is 0 Å². The van der Waals surface area contributed by atoms with Gasteiger partial charge >= 0.3 is 12.4 Å². The fourth-order valence-corrected chi connectivity index (χ4v) is 5.21. The van der Waals surface area contributed by atoms with Crippen molar-refractivity contribution in [1.29, 1.82) is 0 Å². The van der Waals surface area contributed by atoms with E-state index < -0.39 is 36.0 Å². The molecule has 0 saturated heterocycles. The van der Waals surface area contributed by atoms with Crippen molar-refractivity contribution in [2.45, 2.75) is 88.4 Å². The molecule has 0 aromatic carbocycles. The third-order valence-electron chi connectivity index (χ3n) is 6.45. The molecule has 1 aromatic rings. The maximum Gasteiger partial charge on any atom is 0.396 e. The highest BCUT2D eigenvalue weighted by Crippen LogP contribution is 2.49. The SMILES string of the molecule is FC(F)(F)C(c1cncc(C(C2CCCCC2)C(F)(F)F)c1)C1CCCCC1. The van der Waals surface area contributed by atoms with Crippen molar-refractivity contribution in [1.82, 2.24) is 4.98 Å². The Morgan fingerprint density at radius 3 is 1.32 bits per heavy atom. The van der Waals surface area contributed by atoms with Crippen LogP contribution in [0.1, 0.15) is 87.2 Å². The average molecular weight is 407 g/mol. The molecule has 1 nitrogen and oxygen atoms in total. The molecule has 2 unspecified atom stereocenters. The Balaban J connectivity index is 1.95. The highest BCUT2D eigenvalue weighted by Gasteiger charge is 2.48. The van der Waals surface area contributed by atoms with Gasteiger partial charge in [-0.1, -0.05) is 44.6 Å². The lowest BCUT2D eigenvalue weighted by Crippen LogP contribution is -2.32. The number of aromatic nitrogens is 1. The Labute approximate surface area is 161 Å². The summed E-state index contributed by atoms with van der Waals surface area (Å²) in [5, 5.41) is 0. The van der Waals surface area contributed by atoms with Gasteiger partial charge in [0.1, 0.15) is 0 Å². The van der Waals surface area contributed by atoms with Crippen molar-refractivity contribution < 1.29 is 26.3 Å². The molecule has 0 bridgehead atoms. The number of alkyl halides is 6.